The maximum Gasteiger partial charge on any atom is 0.124 e. The largest absolute Gasteiger partial charge is 0.490 e. The van der Waals surface area contributed by atoms with Crippen molar-refractivity contribution in [3.05, 3.63) is 29.8 Å². The van der Waals surface area contributed by atoms with E-state index in [2.05, 4.69) is 18.9 Å². The van der Waals surface area contributed by atoms with Gasteiger partial charge in [-0.1, -0.05) is 25.1 Å². The van der Waals surface area contributed by atoms with Gasteiger partial charge >= 0.3 is 0 Å². The Balaban J connectivity index is 1.95. The first-order valence-electron chi connectivity index (χ1n) is 6.98. The van der Waals surface area contributed by atoms with Crippen LogP contribution < -0.4 is 10.5 Å². The lowest BCUT2D eigenvalue weighted by atomic mass is 10.0. The van der Waals surface area contributed by atoms with Gasteiger partial charge in [0.25, 0.3) is 0 Å². The molecule has 1 aliphatic heterocycles. The molecular weight excluding hydrogens is 240 g/mol. The SMILES string of the molecule is CCC(N)c1ccccc1OCC1CN(C)CCO1. The van der Waals surface area contributed by atoms with Gasteiger partial charge in [0, 0.05) is 24.7 Å². The second kappa shape index (κ2) is 6.89. The second-order valence-corrected chi connectivity index (χ2v) is 5.12. The van der Waals surface area contributed by atoms with Crippen LogP contribution in [0.1, 0.15) is 24.9 Å². The first kappa shape index (κ1) is 14.3. The van der Waals surface area contributed by atoms with Gasteiger partial charge in [0.1, 0.15) is 18.5 Å². The van der Waals surface area contributed by atoms with E-state index >= 15 is 0 Å². The smallest absolute Gasteiger partial charge is 0.124 e. The number of nitrogens with zero attached hydrogens (tertiary/aromatic N) is 1. The number of hydrogen-bond acceptors (Lipinski definition) is 4. The molecule has 4 nitrogen and oxygen atoms in total. The highest BCUT2D eigenvalue weighted by Gasteiger charge is 2.19. The summed E-state index contributed by atoms with van der Waals surface area (Å²) in [5, 5.41) is 0. The van der Waals surface area contributed by atoms with Crippen LogP contribution >= 0.6 is 0 Å². The van der Waals surface area contributed by atoms with E-state index in [1.165, 1.54) is 0 Å². The lowest BCUT2D eigenvalue weighted by molar-refractivity contribution is -0.0405. The molecule has 1 heterocycles. The molecule has 1 aliphatic rings. The monoisotopic (exact) mass is 264 g/mol. The molecule has 0 aromatic heterocycles. The Kier molecular flexibility index (Phi) is 5.19. The standard InChI is InChI=1S/C15H24N2O2/c1-3-14(16)13-6-4-5-7-15(13)19-11-12-10-17(2)8-9-18-12/h4-7,12,14H,3,8-11,16H2,1-2H3. The molecule has 0 radical (unpaired) electrons. The van der Waals surface area contributed by atoms with Crippen LogP contribution in [-0.4, -0.2) is 44.4 Å². The van der Waals surface area contributed by atoms with Crippen LogP contribution in [0.25, 0.3) is 0 Å². The lowest BCUT2D eigenvalue weighted by Crippen LogP contribution is -2.42. The Labute approximate surface area is 115 Å². The van der Waals surface area contributed by atoms with E-state index in [4.69, 9.17) is 15.2 Å². The zero-order chi connectivity index (χ0) is 13.7. The third-order valence-corrected chi connectivity index (χ3v) is 3.52. The van der Waals surface area contributed by atoms with Crippen LogP contribution in [0.4, 0.5) is 0 Å². The first-order valence-corrected chi connectivity index (χ1v) is 6.98. The Morgan fingerprint density at radius 2 is 2.26 bits per heavy atom. The Morgan fingerprint density at radius 1 is 1.47 bits per heavy atom. The summed E-state index contributed by atoms with van der Waals surface area (Å²) in [6.45, 7) is 5.36. The molecule has 2 rings (SSSR count). The van der Waals surface area contributed by atoms with Crippen molar-refractivity contribution in [1.82, 2.24) is 4.90 Å². The van der Waals surface area contributed by atoms with E-state index in [1.807, 2.05) is 24.3 Å². The zero-order valence-electron chi connectivity index (χ0n) is 11.8. The topological polar surface area (TPSA) is 47.7 Å². The molecule has 19 heavy (non-hydrogen) atoms. The molecule has 4 heteroatoms. The molecule has 2 N–H and O–H groups in total. The number of morpholine rings is 1. The fourth-order valence-electron chi connectivity index (χ4n) is 2.29. The van der Waals surface area contributed by atoms with Crippen molar-refractivity contribution < 1.29 is 9.47 Å². The number of likely N-dealkylation sites (N-methyl/N-ethyl adjacent to an activating group) is 1. The van der Waals surface area contributed by atoms with Crippen molar-refractivity contribution in [3.8, 4) is 5.75 Å². The van der Waals surface area contributed by atoms with Crippen LogP contribution in [-0.2, 0) is 4.74 Å². The van der Waals surface area contributed by atoms with E-state index < -0.39 is 0 Å². The normalized spacial score (nSPS) is 22.2. The molecule has 2 unspecified atom stereocenters. The van der Waals surface area contributed by atoms with Crippen molar-refractivity contribution in [1.29, 1.82) is 0 Å². The fraction of sp³-hybridized carbons (Fsp3) is 0.600. The molecule has 1 fully saturated rings. The summed E-state index contributed by atoms with van der Waals surface area (Å²) in [6, 6.07) is 8.04. The Morgan fingerprint density at radius 3 is 3.00 bits per heavy atom. The van der Waals surface area contributed by atoms with Crippen LogP contribution in [0.3, 0.4) is 0 Å². The maximum atomic E-state index is 6.11. The highest BCUT2D eigenvalue weighted by molar-refractivity contribution is 5.35. The number of para-hydroxylation sites is 1. The highest BCUT2D eigenvalue weighted by Crippen LogP contribution is 2.25. The van der Waals surface area contributed by atoms with Crippen molar-refractivity contribution in [2.24, 2.45) is 5.73 Å². The summed E-state index contributed by atoms with van der Waals surface area (Å²) in [7, 11) is 2.11. The van der Waals surface area contributed by atoms with Gasteiger partial charge in [-0.2, -0.15) is 0 Å². The molecule has 1 aromatic rings. The van der Waals surface area contributed by atoms with Crippen molar-refractivity contribution >= 4 is 0 Å². The minimum atomic E-state index is 0.0335. The van der Waals surface area contributed by atoms with Gasteiger partial charge in [-0.05, 0) is 19.5 Å². The Bertz CT molecular complexity index is 397. The fourth-order valence-corrected chi connectivity index (χ4v) is 2.29. The zero-order valence-corrected chi connectivity index (χ0v) is 11.8. The molecular formula is C15H24N2O2. The van der Waals surface area contributed by atoms with Crippen molar-refractivity contribution in [2.45, 2.75) is 25.5 Å². The average molecular weight is 264 g/mol. The lowest BCUT2D eigenvalue weighted by Gasteiger charge is -2.30. The molecule has 2 atom stereocenters. The van der Waals surface area contributed by atoms with Crippen LogP contribution in [0.2, 0.25) is 0 Å². The molecule has 0 spiro atoms. The summed E-state index contributed by atoms with van der Waals surface area (Å²) < 4.78 is 11.6. The van der Waals surface area contributed by atoms with Gasteiger partial charge in [-0.15, -0.1) is 0 Å². The van der Waals surface area contributed by atoms with Gasteiger partial charge in [-0.25, -0.2) is 0 Å². The van der Waals surface area contributed by atoms with E-state index in [0.717, 1.165) is 37.4 Å². The van der Waals surface area contributed by atoms with Gasteiger partial charge in [0.2, 0.25) is 0 Å². The van der Waals surface area contributed by atoms with Crippen LogP contribution in [0, 0.1) is 0 Å². The molecule has 1 aromatic carbocycles. The third kappa shape index (κ3) is 3.93. The van der Waals surface area contributed by atoms with Gasteiger partial charge in [-0.3, -0.25) is 0 Å². The molecule has 106 valence electrons. The molecule has 0 bridgehead atoms. The predicted octanol–water partition coefficient (Wildman–Crippen LogP) is 1.81. The summed E-state index contributed by atoms with van der Waals surface area (Å²) in [5.41, 5.74) is 7.18. The van der Waals surface area contributed by atoms with Gasteiger partial charge < -0.3 is 20.1 Å². The third-order valence-electron chi connectivity index (χ3n) is 3.52. The number of hydrogen-bond donors (Lipinski definition) is 1. The van der Waals surface area contributed by atoms with E-state index in [-0.39, 0.29) is 12.1 Å². The molecule has 0 saturated carbocycles. The van der Waals surface area contributed by atoms with Gasteiger partial charge in [0.05, 0.1) is 6.61 Å². The van der Waals surface area contributed by atoms with Crippen molar-refractivity contribution in [3.63, 3.8) is 0 Å². The average Bonchev–Trinajstić information content (AvgIpc) is 2.45. The van der Waals surface area contributed by atoms with Crippen LogP contribution in [0.15, 0.2) is 24.3 Å². The van der Waals surface area contributed by atoms with Crippen molar-refractivity contribution in [2.75, 3.05) is 33.4 Å². The minimum Gasteiger partial charge on any atom is -0.490 e. The number of ether oxygens (including phenoxy) is 2. The summed E-state index contributed by atoms with van der Waals surface area (Å²) in [5.74, 6) is 0.883. The second-order valence-electron chi connectivity index (χ2n) is 5.12. The summed E-state index contributed by atoms with van der Waals surface area (Å²) >= 11 is 0. The van der Waals surface area contributed by atoms with E-state index in [0.29, 0.717) is 6.61 Å². The summed E-state index contributed by atoms with van der Waals surface area (Å²) in [4.78, 5) is 2.27. The molecule has 0 aliphatic carbocycles. The Hall–Kier alpha value is -1.10. The first-order chi connectivity index (χ1) is 9.20. The predicted molar refractivity (Wildman–Crippen MR) is 76.4 cm³/mol. The quantitative estimate of drug-likeness (QED) is 0.881. The van der Waals surface area contributed by atoms with E-state index in [1.54, 1.807) is 0 Å². The molecule has 0 amide bonds. The number of rotatable bonds is 5. The van der Waals surface area contributed by atoms with E-state index in [9.17, 15) is 0 Å². The number of benzene rings is 1. The van der Waals surface area contributed by atoms with Crippen LogP contribution in [0.5, 0.6) is 5.75 Å². The number of nitrogens with two attached hydrogens (primary N) is 1. The highest BCUT2D eigenvalue weighted by atomic mass is 16.5. The van der Waals surface area contributed by atoms with Gasteiger partial charge in [0.15, 0.2) is 0 Å². The minimum absolute atomic E-state index is 0.0335. The summed E-state index contributed by atoms with van der Waals surface area (Å²) in [6.07, 6.45) is 1.05. The maximum absolute atomic E-state index is 6.11. The molecule has 1 saturated heterocycles.